The minimum absolute atomic E-state index is 0.528. The number of methoxy groups -OCH3 is 2. The smallest absolute Gasteiger partial charge is 0.161 e. The Bertz CT molecular complexity index is 401. The van der Waals surface area contributed by atoms with Crippen molar-refractivity contribution >= 4 is 0 Å². The fourth-order valence-corrected chi connectivity index (χ4v) is 2.22. The van der Waals surface area contributed by atoms with Crippen molar-refractivity contribution in [2.45, 2.75) is 25.2 Å². The first kappa shape index (κ1) is 15.1. The zero-order valence-corrected chi connectivity index (χ0v) is 12.4. The van der Waals surface area contributed by atoms with Gasteiger partial charge in [-0.2, -0.15) is 0 Å². The van der Waals surface area contributed by atoms with Gasteiger partial charge in [-0.1, -0.05) is 12.5 Å². The van der Waals surface area contributed by atoms with E-state index in [4.69, 9.17) is 18.9 Å². The van der Waals surface area contributed by atoms with Gasteiger partial charge in [0.2, 0.25) is 0 Å². The molecule has 112 valence electrons. The van der Waals surface area contributed by atoms with Crippen LogP contribution in [0.3, 0.4) is 0 Å². The van der Waals surface area contributed by atoms with E-state index in [1.165, 1.54) is 24.8 Å². The summed E-state index contributed by atoms with van der Waals surface area (Å²) in [5.41, 5.74) is 1.35. The molecule has 0 heterocycles. The zero-order valence-electron chi connectivity index (χ0n) is 12.4. The predicted molar refractivity (Wildman–Crippen MR) is 77.8 cm³/mol. The van der Waals surface area contributed by atoms with Gasteiger partial charge in [0.15, 0.2) is 11.5 Å². The first-order valence-electron chi connectivity index (χ1n) is 7.22. The highest BCUT2D eigenvalue weighted by Crippen LogP contribution is 2.40. The average Bonchev–Trinajstić information content (AvgIpc) is 2.39. The van der Waals surface area contributed by atoms with E-state index in [9.17, 15) is 0 Å². The summed E-state index contributed by atoms with van der Waals surface area (Å²) >= 11 is 0. The molecule has 4 heteroatoms. The van der Waals surface area contributed by atoms with E-state index in [0.717, 1.165) is 11.5 Å². The lowest BCUT2D eigenvalue weighted by Gasteiger charge is -2.26. The van der Waals surface area contributed by atoms with Gasteiger partial charge in [0.1, 0.15) is 13.2 Å². The molecule has 2 rings (SSSR count). The molecule has 0 saturated heterocycles. The van der Waals surface area contributed by atoms with Gasteiger partial charge >= 0.3 is 0 Å². The Morgan fingerprint density at radius 2 is 1.55 bits per heavy atom. The number of hydrogen-bond donors (Lipinski definition) is 0. The summed E-state index contributed by atoms with van der Waals surface area (Å²) in [6, 6.07) is 6.27. The average molecular weight is 280 g/mol. The molecule has 1 aliphatic carbocycles. The number of hydrogen-bond acceptors (Lipinski definition) is 4. The fraction of sp³-hybridized carbons (Fsp3) is 0.625. The Labute approximate surface area is 121 Å². The van der Waals surface area contributed by atoms with E-state index in [0.29, 0.717) is 32.3 Å². The van der Waals surface area contributed by atoms with E-state index in [2.05, 4.69) is 12.1 Å². The monoisotopic (exact) mass is 280 g/mol. The van der Waals surface area contributed by atoms with Crippen LogP contribution in [0.25, 0.3) is 0 Å². The Hall–Kier alpha value is -1.26. The first-order chi connectivity index (χ1) is 9.85. The van der Waals surface area contributed by atoms with Crippen LogP contribution in [0.15, 0.2) is 18.2 Å². The second-order valence-corrected chi connectivity index (χ2v) is 5.02. The Morgan fingerprint density at radius 3 is 2.10 bits per heavy atom. The van der Waals surface area contributed by atoms with Crippen LogP contribution in [0.1, 0.15) is 30.7 Å². The van der Waals surface area contributed by atoms with E-state index in [1.807, 2.05) is 6.07 Å². The molecule has 1 aromatic carbocycles. The second-order valence-electron chi connectivity index (χ2n) is 5.02. The van der Waals surface area contributed by atoms with E-state index in [-0.39, 0.29) is 0 Å². The molecule has 1 aliphatic rings. The Morgan fingerprint density at radius 1 is 0.900 bits per heavy atom. The van der Waals surface area contributed by atoms with Gasteiger partial charge in [0, 0.05) is 14.2 Å². The number of ether oxygens (including phenoxy) is 4. The standard InChI is InChI=1S/C16H24O4/c1-17-8-10-19-15-7-6-14(13-4-3-5-13)12-16(15)20-11-9-18-2/h6-7,12-13H,3-5,8-11H2,1-2H3. The molecule has 20 heavy (non-hydrogen) atoms. The normalized spacial score (nSPS) is 14.9. The van der Waals surface area contributed by atoms with Crippen molar-refractivity contribution in [2.75, 3.05) is 40.6 Å². The SMILES string of the molecule is COCCOc1ccc(C2CCC2)cc1OCCOC. The molecule has 0 N–H and O–H groups in total. The third kappa shape index (κ3) is 4.12. The highest BCUT2D eigenvalue weighted by molar-refractivity contribution is 5.44. The maximum Gasteiger partial charge on any atom is 0.161 e. The van der Waals surface area contributed by atoms with Crippen LogP contribution < -0.4 is 9.47 Å². The summed E-state index contributed by atoms with van der Waals surface area (Å²) in [5, 5.41) is 0. The van der Waals surface area contributed by atoms with Crippen LogP contribution in [0.4, 0.5) is 0 Å². The summed E-state index contributed by atoms with van der Waals surface area (Å²) in [6.45, 7) is 2.21. The molecule has 0 aliphatic heterocycles. The van der Waals surface area contributed by atoms with Crippen molar-refractivity contribution in [3.63, 3.8) is 0 Å². The Kier molecular flexibility index (Phi) is 6.15. The molecule has 0 radical (unpaired) electrons. The minimum Gasteiger partial charge on any atom is -0.487 e. The maximum atomic E-state index is 5.78. The van der Waals surface area contributed by atoms with Crippen molar-refractivity contribution < 1.29 is 18.9 Å². The van der Waals surface area contributed by atoms with E-state index in [1.54, 1.807) is 14.2 Å². The molecule has 0 atom stereocenters. The Balaban J connectivity index is 2.03. The fourth-order valence-electron chi connectivity index (χ4n) is 2.22. The molecule has 0 unspecified atom stereocenters. The highest BCUT2D eigenvalue weighted by atomic mass is 16.5. The topological polar surface area (TPSA) is 36.9 Å². The van der Waals surface area contributed by atoms with Crippen molar-refractivity contribution in [1.29, 1.82) is 0 Å². The molecule has 1 fully saturated rings. The third-order valence-electron chi connectivity index (χ3n) is 3.63. The largest absolute Gasteiger partial charge is 0.487 e. The van der Waals surface area contributed by atoms with Crippen LogP contribution in [-0.4, -0.2) is 40.6 Å². The number of rotatable bonds is 9. The molecule has 0 spiro atoms. The quantitative estimate of drug-likeness (QED) is 0.652. The summed E-state index contributed by atoms with van der Waals surface area (Å²) < 4.78 is 21.5. The van der Waals surface area contributed by atoms with Gasteiger partial charge in [-0.15, -0.1) is 0 Å². The minimum atomic E-state index is 0.528. The lowest BCUT2D eigenvalue weighted by molar-refractivity contribution is 0.132. The summed E-state index contributed by atoms with van der Waals surface area (Å²) in [7, 11) is 3.34. The van der Waals surface area contributed by atoms with Crippen LogP contribution in [0.5, 0.6) is 11.5 Å². The maximum absolute atomic E-state index is 5.78. The molecule has 0 bridgehead atoms. The van der Waals surface area contributed by atoms with Gasteiger partial charge in [-0.25, -0.2) is 0 Å². The molecular formula is C16H24O4. The summed E-state index contributed by atoms with van der Waals surface area (Å²) in [6.07, 6.45) is 3.89. The third-order valence-corrected chi connectivity index (χ3v) is 3.63. The van der Waals surface area contributed by atoms with Gasteiger partial charge in [0.05, 0.1) is 13.2 Å². The first-order valence-corrected chi connectivity index (χ1v) is 7.22. The molecular weight excluding hydrogens is 256 g/mol. The molecule has 1 saturated carbocycles. The van der Waals surface area contributed by atoms with Gasteiger partial charge in [-0.05, 0) is 36.5 Å². The number of benzene rings is 1. The molecule has 0 aromatic heterocycles. The van der Waals surface area contributed by atoms with Crippen molar-refractivity contribution in [3.8, 4) is 11.5 Å². The van der Waals surface area contributed by atoms with Crippen LogP contribution in [-0.2, 0) is 9.47 Å². The molecule has 0 amide bonds. The predicted octanol–water partition coefficient (Wildman–Crippen LogP) is 3.00. The van der Waals surface area contributed by atoms with E-state index >= 15 is 0 Å². The van der Waals surface area contributed by atoms with Gasteiger partial charge < -0.3 is 18.9 Å². The van der Waals surface area contributed by atoms with Crippen molar-refractivity contribution in [1.82, 2.24) is 0 Å². The molecule has 1 aromatic rings. The van der Waals surface area contributed by atoms with Crippen LogP contribution >= 0.6 is 0 Å². The zero-order chi connectivity index (χ0) is 14.2. The lowest BCUT2D eigenvalue weighted by Crippen LogP contribution is -2.11. The van der Waals surface area contributed by atoms with Crippen LogP contribution in [0, 0.1) is 0 Å². The van der Waals surface area contributed by atoms with Crippen molar-refractivity contribution in [3.05, 3.63) is 23.8 Å². The van der Waals surface area contributed by atoms with Gasteiger partial charge in [-0.3, -0.25) is 0 Å². The summed E-state index contributed by atoms with van der Waals surface area (Å²) in [4.78, 5) is 0. The van der Waals surface area contributed by atoms with E-state index < -0.39 is 0 Å². The van der Waals surface area contributed by atoms with Gasteiger partial charge in [0.25, 0.3) is 0 Å². The molecule has 4 nitrogen and oxygen atoms in total. The van der Waals surface area contributed by atoms with Crippen LogP contribution in [0.2, 0.25) is 0 Å². The second kappa shape index (κ2) is 8.12. The summed E-state index contributed by atoms with van der Waals surface area (Å²) in [5.74, 6) is 2.27. The van der Waals surface area contributed by atoms with Crippen molar-refractivity contribution in [2.24, 2.45) is 0 Å². The highest BCUT2D eigenvalue weighted by Gasteiger charge is 2.21. The lowest BCUT2D eigenvalue weighted by atomic mass is 9.80.